The Bertz CT molecular complexity index is 295. The minimum atomic E-state index is -0.379. The first kappa shape index (κ1) is 14.2. The van der Waals surface area contributed by atoms with Crippen LogP contribution in [0.2, 0.25) is 0 Å². The minimum absolute atomic E-state index is 0.239. The lowest BCUT2D eigenvalue weighted by Gasteiger charge is -2.39. The summed E-state index contributed by atoms with van der Waals surface area (Å²) in [6, 6.07) is 0. The van der Waals surface area contributed by atoms with E-state index in [2.05, 4.69) is 32.6 Å². The van der Waals surface area contributed by atoms with Crippen LogP contribution in [0.1, 0.15) is 47.0 Å². The Morgan fingerprint density at radius 1 is 1.41 bits per heavy atom. The Morgan fingerprint density at radius 2 is 2.06 bits per heavy atom. The third-order valence-corrected chi connectivity index (χ3v) is 3.86. The van der Waals surface area contributed by atoms with E-state index in [4.69, 9.17) is 4.74 Å². The fourth-order valence-electron chi connectivity index (χ4n) is 2.53. The van der Waals surface area contributed by atoms with Crippen molar-refractivity contribution in [1.29, 1.82) is 0 Å². The van der Waals surface area contributed by atoms with Crippen LogP contribution in [0.5, 0.6) is 0 Å². The molecule has 0 aromatic rings. The van der Waals surface area contributed by atoms with E-state index in [0.717, 1.165) is 44.5 Å². The normalized spacial score (nSPS) is 19.5. The largest absolute Gasteiger partial charge is 0.501 e. The van der Waals surface area contributed by atoms with Crippen molar-refractivity contribution < 1.29 is 9.53 Å². The summed E-state index contributed by atoms with van der Waals surface area (Å²) in [6.45, 7) is 10.9. The van der Waals surface area contributed by atoms with Crippen LogP contribution < -0.4 is 0 Å². The Hall–Kier alpha value is -0.830. The Morgan fingerprint density at radius 3 is 2.47 bits per heavy atom. The number of Topliss-reactive ketones (excluding diaryl/α,β-unsaturated/α-hetero) is 1. The molecular weight excluding hydrogens is 214 g/mol. The zero-order valence-corrected chi connectivity index (χ0v) is 11.6. The predicted octanol–water partition coefficient (Wildman–Crippen LogP) is 2.76. The van der Waals surface area contributed by atoms with E-state index in [9.17, 15) is 4.79 Å². The lowest BCUT2D eigenvalue weighted by Crippen LogP contribution is -2.52. The van der Waals surface area contributed by atoms with E-state index in [1.807, 2.05) is 0 Å². The summed E-state index contributed by atoms with van der Waals surface area (Å²) in [7, 11) is 0. The number of ketones is 1. The quantitative estimate of drug-likeness (QED) is 0.714. The van der Waals surface area contributed by atoms with Gasteiger partial charge >= 0.3 is 0 Å². The van der Waals surface area contributed by atoms with Gasteiger partial charge in [0.05, 0.1) is 18.4 Å². The van der Waals surface area contributed by atoms with Gasteiger partial charge in [-0.05, 0) is 39.3 Å². The van der Waals surface area contributed by atoms with Gasteiger partial charge in [0.15, 0.2) is 5.78 Å². The summed E-state index contributed by atoms with van der Waals surface area (Å²) in [5.41, 5.74) is 0.475. The highest BCUT2D eigenvalue weighted by Gasteiger charge is 2.38. The maximum atomic E-state index is 12.6. The zero-order valence-electron chi connectivity index (χ0n) is 11.6. The summed E-state index contributed by atoms with van der Waals surface area (Å²) in [6.07, 6.45) is 4.32. The lowest BCUT2D eigenvalue weighted by molar-refractivity contribution is -0.127. The molecule has 98 valence electrons. The van der Waals surface area contributed by atoms with E-state index in [-0.39, 0.29) is 11.3 Å². The molecule has 0 N–H and O–H groups in total. The van der Waals surface area contributed by atoms with Crippen LogP contribution in [0.3, 0.4) is 0 Å². The molecule has 0 bridgehead atoms. The van der Waals surface area contributed by atoms with Crippen molar-refractivity contribution in [3.63, 3.8) is 0 Å². The van der Waals surface area contributed by atoms with Crippen molar-refractivity contribution in [2.24, 2.45) is 0 Å². The zero-order chi connectivity index (χ0) is 12.9. The summed E-state index contributed by atoms with van der Waals surface area (Å²) >= 11 is 0. The monoisotopic (exact) mass is 239 g/mol. The van der Waals surface area contributed by atoms with E-state index >= 15 is 0 Å². The van der Waals surface area contributed by atoms with Gasteiger partial charge in [-0.15, -0.1) is 0 Å². The molecule has 0 aliphatic carbocycles. The number of carbonyl (C=O) groups is 1. The van der Waals surface area contributed by atoms with Crippen LogP contribution in [0.15, 0.2) is 11.8 Å². The van der Waals surface area contributed by atoms with Crippen molar-refractivity contribution in [3.8, 4) is 0 Å². The third-order valence-electron chi connectivity index (χ3n) is 3.86. The van der Waals surface area contributed by atoms with Crippen LogP contribution >= 0.6 is 0 Å². The van der Waals surface area contributed by atoms with Crippen LogP contribution in [0.25, 0.3) is 0 Å². The van der Waals surface area contributed by atoms with Gasteiger partial charge in [0.1, 0.15) is 0 Å². The Kier molecular flexibility index (Phi) is 5.19. The molecule has 1 atom stereocenters. The molecule has 1 heterocycles. The molecule has 0 radical (unpaired) electrons. The molecule has 1 aliphatic rings. The molecule has 1 unspecified atom stereocenters. The summed E-state index contributed by atoms with van der Waals surface area (Å²) in [4.78, 5) is 14.9. The summed E-state index contributed by atoms with van der Waals surface area (Å²) in [5, 5.41) is 0. The molecule has 0 saturated carbocycles. The van der Waals surface area contributed by atoms with Gasteiger partial charge in [-0.2, -0.15) is 0 Å². The van der Waals surface area contributed by atoms with Crippen LogP contribution in [-0.2, 0) is 9.53 Å². The number of likely N-dealkylation sites (N-methyl/N-ethyl adjacent to an activating group) is 1. The average molecular weight is 239 g/mol. The highest BCUT2D eigenvalue weighted by Crippen LogP contribution is 2.27. The van der Waals surface area contributed by atoms with Crippen LogP contribution in [0, 0.1) is 0 Å². The van der Waals surface area contributed by atoms with Crippen molar-refractivity contribution in [2.45, 2.75) is 52.5 Å². The summed E-state index contributed by atoms with van der Waals surface area (Å²) in [5.74, 6) is 0.239. The summed E-state index contributed by atoms with van der Waals surface area (Å²) < 4.78 is 5.29. The van der Waals surface area contributed by atoms with Crippen molar-refractivity contribution in [2.75, 3.05) is 19.7 Å². The second-order valence-corrected chi connectivity index (χ2v) is 4.75. The minimum Gasteiger partial charge on any atom is -0.501 e. The highest BCUT2D eigenvalue weighted by molar-refractivity contribution is 6.02. The molecule has 0 aromatic heterocycles. The first-order valence-electron chi connectivity index (χ1n) is 6.70. The number of ether oxygens (including phenoxy) is 1. The van der Waals surface area contributed by atoms with E-state index in [0.29, 0.717) is 0 Å². The van der Waals surface area contributed by atoms with Crippen molar-refractivity contribution in [1.82, 2.24) is 4.90 Å². The number of hydrogen-bond donors (Lipinski definition) is 0. The molecule has 0 spiro atoms. The molecule has 0 amide bonds. The standard InChI is InChI=1S/C14H25NO2/c1-5-14(4,15(6-2)7-3)13(16)12-9-8-10-17-11-12/h11H,5-10H2,1-4H3. The fraction of sp³-hybridized carbons (Fsp3) is 0.786. The average Bonchev–Trinajstić information content (AvgIpc) is 2.39. The Labute approximate surface area is 105 Å². The molecule has 17 heavy (non-hydrogen) atoms. The molecule has 0 fully saturated rings. The van der Waals surface area contributed by atoms with Crippen molar-refractivity contribution >= 4 is 5.78 Å². The van der Waals surface area contributed by atoms with Gasteiger partial charge < -0.3 is 4.74 Å². The SMILES string of the molecule is CCN(CC)C(C)(CC)C(=O)C1=COCCC1. The lowest BCUT2D eigenvalue weighted by atomic mass is 9.85. The van der Waals surface area contributed by atoms with Gasteiger partial charge in [0, 0.05) is 5.57 Å². The molecule has 1 aliphatic heterocycles. The van der Waals surface area contributed by atoms with Gasteiger partial charge in [0.25, 0.3) is 0 Å². The predicted molar refractivity (Wildman–Crippen MR) is 69.9 cm³/mol. The number of rotatable bonds is 6. The van der Waals surface area contributed by atoms with Gasteiger partial charge in [0.2, 0.25) is 0 Å². The second-order valence-electron chi connectivity index (χ2n) is 4.75. The third kappa shape index (κ3) is 2.89. The highest BCUT2D eigenvalue weighted by atomic mass is 16.5. The first-order valence-corrected chi connectivity index (χ1v) is 6.70. The van der Waals surface area contributed by atoms with Crippen molar-refractivity contribution in [3.05, 3.63) is 11.8 Å². The molecule has 0 saturated heterocycles. The maximum absolute atomic E-state index is 12.6. The molecular formula is C14H25NO2. The number of hydrogen-bond acceptors (Lipinski definition) is 3. The molecule has 1 rings (SSSR count). The smallest absolute Gasteiger partial charge is 0.181 e. The fourth-order valence-corrected chi connectivity index (χ4v) is 2.53. The molecule has 0 aromatic carbocycles. The van der Waals surface area contributed by atoms with Crippen LogP contribution in [-0.4, -0.2) is 35.9 Å². The van der Waals surface area contributed by atoms with Crippen LogP contribution in [0.4, 0.5) is 0 Å². The van der Waals surface area contributed by atoms with Gasteiger partial charge in [-0.1, -0.05) is 20.8 Å². The first-order chi connectivity index (χ1) is 8.10. The number of carbonyl (C=O) groups excluding carboxylic acids is 1. The molecule has 3 nitrogen and oxygen atoms in total. The second kappa shape index (κ2) is 6.20. The number of nitrogens with zero attached hydrogens (tertiary/aromatic N) is 1. The van der Waals surface area contributed by atoms with Gasteiger partial charge in [-0.3, -0.25) is 9.69 Å². The maximum Gasteiger partial charge on any atom is 0.181 e. The van der Waals surface area contributed by atoms with E-state index < -0.39 is 0 Å². The van der Waals surface area contributed by atoms with E-state index in [1.54, 1.807) is 6.26 Å². The topological polar surface area (TPSA) is 29.5 Å². The van der Waals surface area contributed by atoms with E-state index in [1.165, 1.54) is 0 Å². The molecule has 3 heteroatoms. The Balaban J connectivity index is 2.91. The van der Waals surface area contributed by atoms with Gasteiger partial charge in [-0.25, -0.2) is 0 Å².